The van der Waals surface area contributed by atoms with Crippen molar-refractivity contribution >= 4 is 0 Å². The van der Waals surface area contributed by atoms with Gasteiger partial charge in [0.1, 0.15) is 0 Å². The summed E-state index contributed by atoms with van der Waals surface area (Å²) in [7, 11) is 0. The molecule has 1 heteroatoms. The minimum Gasteiger partial charge on any atom is -0.316 e. The Morgan fingerprint density at radius 1 is 1.15 bits per heavy atom. The fourth-order valence-corrected chi connectivity index (χ4v) is 2.58. The summed E-state index contributed by atoms with van der Waals surface area (Å²) >= 11 is 0. The molecule has 0 amide bonds. The maximum absolute atomic E-state index is 3.54. The quantitative estimate of drug-likeness (QED) is 0.666. The Hall–Kier alpha value is -0.0400. The van der Waals surface area contributed by atoms with Gasteiger partial charge in [-0.2, -0.15) is 0 Å². The Kier molecular flexibility index (Phi) is 4.79. The molecule has 0 heterocycles. The number of unbranched alkanes of at least 4 members (excludes halogenated alkanes) is 1. The molecule has 13 heavy (non-hydrogen) atoms. The first-order chi connectivity index (χ1) is 6.33. The third-order valence-corrected chi connectivity index (χ3v) is 3.47. The van der Waals surface area contributed by atoms with Crippen LogP contribution in [0.5, 0.6) is 0 Å². The van der Waals surface area contributed by atoms with E-state index in [0.29, 0.717) is 5.41 Å². The molecule has 0 aromatic rings. The Morgan fingerprint density at radius 2 is 1.85 bits per heavy atom. The highest BCUT2D eigenvalue weighted by molar-refractivity contribution is 4.86. The van der Waals surface area contributed by atoms with E-state index < -0.39 is 0 Å². The number of rotatable bonds is 6. The number of nitrogens with one attached hydrogen (secondary N) is 1. The van der Waals surface area contributed by atoms with Crippen LogP contribution in [-0.4, -0.2) is 13.1 Å². The highest BCUT2D eigenvalue weighted by Crippen LogP contribution is 2.41. The van der Waals surface area contributed by atoms with Crippen LogP contribution >= 0.6 is 0 Å². The lowest BCUT2D eigenvalue weighted by molar-refractivity contribution is 0.252. The molecular weight excluding hydrogens is 158 g/mol. The zero-order valence-corrected chi connectivity index (χ0v) is 9.36. The van der Waals surface area contributed by atoms with Gasteiger partial charge in [-0.3, -0.25) is 0 Å². The Labute approximate surface area is 83.3 Å². The molecule has 0 bridgehead atoms. The van der Waals surface area contributed by atoms with Gasteiger partial charge in [0, 0.05) is 6.54 Å². The van der Waals surface area contributed by atoms with Crippen LogP contribution < -0.4 is 5.32 Å². The van der Waals surface area contributed by atoms with E-state index in [4.69, 9.17) is 0 Å². The van der Waals surface area contributed by atoms with E-state index in [-0.39, 0.29) is 0 Å². The van der Waals surface area contributed by atoms with Crippen LogP contribution in [-0.2, 0) is 0 Å². The van der Waals surface area contributed by atoms with Crippen molar-refractivity contribution in [2.75, 3.05) is 13.1 Å². The van der Waals surface area contributed by atoms with Gasteiger partial charge in [-0.1, -0.05) is 39.5 Å². The predicted octanol–water partition coefficient (Wildman–Crippen LogP) is 3.35. The van der Waals surface area contributed by atoms with Gasteiger partial charge in [0.15, 0.2) is 0 Å². The molecule has 0 saturated heterocycles. The fraction of sp³-hybridized carbons (Fsp3) is 1.00. The van der Waals surface area contributed by atoms with Gasteiger partial charge < -0.3 is 5.32 Å². The third kappa shape index (κ3) is 3.30. The molecule has 1 fully saturated rings. The average molecular weight is 183 g/mol. The van der Waals surface area contributed by atoms with Gasteiger partial charge in [0.05, 0.1) is 0 Å². The molecule has 0 aromatic heterocycles. The lowest BCUT2D eigenvalue weighted by Gasteiger charge is -2.29. The van der Waals surface area contributed by atoms with Gasteiger partial charge >= 0.3 is 0 Å². The van der Waals surface area contributed by atoms with Crippen molar-refractivity contribution in [1.82, 2.24) is 5.32 Å². The van der Waals surface area contributed by atoms with Crippen molar-refractivity contribution < 1.29 is 0 Å². The first kappa shape index (κ1) is 11.0. The van der Waals surface area contributed by atoms with Crippen LogP contribution in [0.25, 0.3) is 0 Å². The Bertz CT molecular complexity index is 115. The van der Waals surface area contributed by atoms with Crippen LogP contribution in [0.15, 0.2) is 0 Å². The standard InChI is InChI=1S/C12H25N/c1-3-5-8-12(11-13-4-2)9-6-7-10-12/h13H,3-11H2,1-2H3. The second kappa shape index (κ2) is 5.64. The molecule has 0 atom stereocenters. The Balaban J connectivity index is 2.33. The molecule has 1 aliphatic carbocycles. The fourth-order valence-electron chi connectivity index (χ4n) is 2.58. The molecule has 0 aliphatic heterocycles. The van der Waals surface area contributed by atoms with Crippen LogP contribution in [0.2, 0.25) is 0 Å². The first-order valence-corrected chi connectivity index (χ1v) is 6.04. The van der Waals surface area contributed by atoms with Crippen molar-refractivity contribution in [3.05, 3.63) is 0 Å². The SMILES string of the molecule is CCCCC1(CNCC)CCCC1. The lowest BCUT2D eigenvalue weighted by atomic mass is 9.81. The summed E-state index contributed by atoms with van der Waals surface area (Å²) in [6, 6.07) is 0. The number of hydrogen-bond donors (Lipinski definition) is 1. The molecule has 0 spiro atoms. The predicted molar refractivity (Wildman–Crippen MR) is 59.0 cm³/mol. The minimum absolute atomic E-state index is 0.687. The van der Waals surface area contributed by atoms with Gasteiger partial charge in [-0.25, -0.2) is 0 Å². The summed E-state index contributed by atoms with van der Waals surface area (Å²) in [6.45, 7) is 6.91. The molecule has 1 N–H and O–H groups in total. The van der Waals surface area contributed by atoms with Crippen molar-refractivity contribution in [3.63, 3.8) is 0 Å². The maximum Gasteiger partial charge on any atom is 0.000769 e. The largest absolute Gasteiger partial charge is 0.316 e. The van der Waals surface area contributed by atoms with Crippen molar-refractivity contribution in [2.24, 2.45) is 5.41 Å². The third-order valence-electron chi connectivity index (χ3n) is 3.47. The molecule has 1 aliphatic rings. The van der Waals surface area contributed by atoms with Crippen molar-refractivity contribution in [2.45, 2.75) is 58.8 Å². The van der Waals surface area contributed by atoms with E-state index in [9.17, 15) is 0 Å². The summed E-state index contributed by atoms with van der Waals surface area (Å²) in [6.07, 6.45) is 10.1. The summed E-state index contributed by atoms with van der Waals surface area (Å²) < 4.78 is 0. The zero-order chi connectivity index (χ0) is 9.57. The van der Waals surface area contributed by atoms with Gasteiger partial charge in [0.2, 0.25) is 0 Å². The molecule has 0 radical (unpaired) electrons. The highest BCUT2D eigenvalue weighted by atomic mass is 14.9. The second-order valence-corrected chi connectivity index (χ2v) is 4.59. The van der Waals surface area contributed by atoms with Crippen molar-refractivity contribution in [1.29, 1.82) is 0 Å². The zero-order valence-electron chi connectivity index (χ0n) is 9.36. The van der Waals surface area contributed by atoms with E-state index in [2.05, 4.69) is 19.2 Å². The van der Waals surface area contributed by atoms with E-state index in [0.717, 1.165) is 6.54 Å². The maximum atomic E-state index is 3.54. The van der Waals surface area contributed by atoms with Gasteiger partial charge in [-0.15, -0.1) is 0 Å². The monoisotopic (exact) mass is 183 g/mol. The van der Waals surface area contributed by atoms with E-state index in [1.165, 1.54) is 51.5 Å². The molecule has 1 rings (SSSR count). The average Bonchev–Trinajstić information content (AvgIpc) is 2.61. The molecule has 1 nitrogen and oxygen atoms in total. The van der Waals surface area contributed by atoms with E-state index >= 15 is 0 Å². The molecule has 0 aromatic carbocycles. The van der Waals surface area contributed by atoms with Gasteiger partial charge in [-0.05, 0) is 31.2 Å². The lowest BCUT2D eigenvalue weighted by Crippen LogP contribution is -2.31. The molecule has 1 saturated carbocycles. The highest BCUT2D eigenvalue weighted by Gasteiger charge is 2.32. The Morgan fingerprint density at radius 3 is 2.38 bits per heavy atom. The summed E-state index contributed by atoms with van der Waals surface area (Å²) in [5.41, 5.74) is 0.687. The molecular formula is C12H25N. The minimum atomic E-state index is 0.687. The van der Waals surface area contributed by atoms with Crippen LogP contribution in [0.3, 0.4) is 0 Å². The summed E-state index contributed by atoms with van der Waals surface area (Å²) in [4.78, 5) is 0. The smallest absolute Gasteiger partial charge is 0.000769 e. The van der Waals surface area contributed by atoms with Crippen LogP contribution in [0.1, 0.15) is 58.8 Å². The van der Waals surface area contributed by atoms with E-state index in [1.54, 1.807) is 0 Å². The normalized spacial score (nSPS) is 20.8. The van der Waals surface area contributed by atoms with Gasteiger partial charge in [0.25, 0.3) is 0 Å². The van der Waals surface area contributed by atoms with Crippen molar-refractivity contribution in [3.8, 4) is 0 Å². The topological polar surface area (TPSA) is 12.0 Å². The molecule has 0 unspecified atom stereocenters. The summed E-state index contributed by atoms with van der Waals surface area (Å²) in [5, 5.41) is 3.54. The second-order valence-electron chi connectivity index (χ2n) is 4.59. The first-order valence-electron chi connectivity index (χ1n) is 6.04. The molecule has 78 valence electrons. The summed E-state index contributed by atoms with van der Waals surface area (Å²) in [5.74, 6) is 0. The van der Waals surface area contributed by atoms with Crippen LogP contribution in [0.4, 0.5) is 0 Å². The number of hydrogen-bond acceptors (Lipinski definition) is 1. The van der Waals surface area contributed by atoms with Crippen LogP contribution in [0, 0.1) is 5.41 Å². The van der Waals surface area contributed by atoms with E-state index in [1.807, 2.05) is 0 Å².